The zero-order chi connectivity index (χ0) is 6.69. The fourth-order valence-corrected chi connectivity index (χ4v) is 1.76. The smallest absolute Gasteiger partial charge is 0.0692 e. The molecule has 0 spiro atoms. The Kier molecular flexibility index (Phi) is 2.54. The minimum atomic E-state index is 0.273. The molecule has 0 saturated heterocycles. The van der Waals surface area contributed by atoms with Gasteiger partial charge >= 0.3 is 0 Å². The number of hydrogen-bond acceptors (Lipinski definition) is 3. The number of thioether (sulfide) groups is 1. The number of aliphatic imine (C=N–C) groups is 1. The first-order valence-electron chi connectivity index (χ1n) is 3.21. The molecule has 1 unspecified atom stereocenters. The molecule has 52 valence electrons. The van der Waals surface area contributed by atoms with Crippen LogP contribution < -0.4 is 5.73 Å². The summed E-state index contributed by atoms with van der Waals surface area (Å²) in [5, 5.41) is 1.24. The van der Waals surface area contributed by atoms with Gasteiger partial charge in [-0.2, -0.15) is 0 Å². The SMILES string of the molecule is CC(N)CC1=NCCS1. The molecule has 0 radical (unpaired) electrons. The van der Waals surface area contributed by atoms with Gasteiger partial charge in [-0.1, -0.05) is 0 Å². The minimum absolute atomic E-state index is 0.273. The average molecular weight is 144 g/mol. The molecular weight excluding hydrogens is 132 g/mol. The highest BCUT2D eigenvalue weighted by molar-refractivity contribution is 8.14. The summed E-state index contributed by atoms with van der Waals surface area (Å²) in [7, 11) is 0. The molecule has 3 heteroatoms. The van der Waals surface area contributed by atoms with Crippen LogP contribution in [0, 0.1) is 0 Å². The van der Waals surface area contributed by atoms with E-state index in [0.29, 0.717) is 0 Å². The van der Waals surface area contributed by atoms with Crippen LogP contribution in [0.25, 0.3) is 0 Å². The molecule has 9 heavy (non-hydrogen) atoms. The van der Waals surface area contributed by atoms with Crippen molar-refractivity contribution in [2.24, 2.45) is 10.7 Å². The van der Waals surface area contributed by atoms with Gasteiger partial charge in [0.2, 0.25) is 0 Å². The molecule has 1 rings (SSSR count). The van der Waals surface area contributed by atoms with Gasteiger partial charge in [0.05, 0.1) is 5.04 Å². The number of hydrogen-bond donors (Lipinski definition) is 1. The van der Waals surface area contributed by atoms with Crippen molar-refractivity contribution in [1.82, 2.24) is 0 Å². The van der Waals surface area contributed by atoms with Crippen LogP contribution in [-0.4, -0.2) is 23.4 Å². The molecule has 1 atom stereocenters. The van der Waals surface area contributed by atoms with Gasteiger partial charge in [0.1, 0.15) is 0 Å². The fraction of sp³-hybridized carbons (Fsp3) is 0.833. The van der Waals surface area contributed by atoms with Crippen LogP contribution in [0.4, 0.5) is 0 Å². The van der Waals surface area contributed by atoms with E-state index in [2.05, 4.69) is 4.99 Å². The van der Waals surface area contributed by atoms with Crippen LogP contribution in [0.15, 0.2) is 4.99 Å². The molecule has 1 aliphatic rings. The van der Waals surface area contributed by atoms with E-state index in [0.717, 1.165) is 18.7 Å². The van der Waals surface area contributed by atoms with E-state index in [1.54, 1.807) is 0 Å². The summed E-state index contributed by atoms with van der Waals surface area (Å²) in [5.41, 5.74) is 5.58. The van der Waals surface area contributed by atoms with Crippen molar-refractivity contribution in [2.45, 2.75) is 19.4 Å². The minimum Gasteiger partial charge on any atom is -0.328 e. The third kappa shape index (κ3) is 2.37. The largest absolute Gasteiger partial charge is 0.328 e. The molecule has 1 aliphatic heterocycles. The van der Waals surface area contributed by atoms with Crippen LogP contribution in [0.5, 0.6) is 0 Å². The van der Waals surface area contributed by atoms with E-state index >= 15 is 0 Å². The Morgan fingerprint density at radius 3 is 3.11 bits per heavy atom. The van der Waals surface area contributed by atoms with Crippen molar-refractivity contribution in [3.63, 3.8) is 0 Å². The first-order chi connectivity index (χ1) is 4.29. The highest BCUT2D eigenvalue weighted by Crippen LogP contribution is 2.14. The summed E-state index contributed by atoms with van der Waals surface area (Å²) in [6, 6.07) is 0.273. The van der Waals surface area contributed by atoms with Gasteiger partial charge in [-0.15, -0.1) is 11.8 Å². The van der Waals surface area contributed by atoms with Crippen LogP contribution in [0.1, 0.15) is 13.3 Å². The van der Waals surface area contributed by atoms with Crippen LogP contribution in [0.2, 0.25) is 0 Å². The quantitative estimate of drug-likeness (QED) is 0.624. The molecule has 0 aromatic heterocycles. The summed E-state index contributed by atoms with van der Waals surface area (Å²) in [4.78, 5) is 4.28. The number of nitrogens with zero attached hydrogens (tertiary/aromatic N) is 1. The van der Waals surface area contributed by atoms with Crippen molar-refractivity contribution in [3.8, 4) is 0 Å². The molecular formula is C6H12N2S. The lowest BCUT2D eigenvalue weighted by Crippen LogP contribution is -2.17. The number of rotatable bonds is 2. The zero-order valence-corrected chi connectivity index (χ0v) is 6.45. The van der Waals surface area contributed by atoms with E-state index in [-0.39, 0.29) is 6.04 Å². The lowest BCUT2D eigenvalue weighted by Gasteiger charge is -2.01. The maximum absolute atomic E-state index is 5.58. The Labute approximate surface area is 59.9 Å². The predicted molar refractivity (Wildman–Crippen MR) is 43.0 cm³/mol. The standard InChI is InChI=1S/C6H12N2S/c1-5(7)4-6-8-2-3-9-6/h5H,2-4,7H2,1H3. The second-order valence-electron chi connectivity index (χ2n) is 2.31. The average Bonchev–Trinajstić information content (AvgIpc) is 2.15. The van der Waals surface area contributed by atoms with Crippen molar-refractivity contribution in [3.05, 3.63) is 0 Å². The molecule has 0 aromatic rings. The zero-order valence-electron chi connectivity index (χ0n) is 5.63. The topological polar surface area (TPSA) is 38.4 Å². The molecule has 0 amide bonds. The first-order valence-corrected chi connectivity index (χ1v) is 4.19. The van der Waals surface area contributed by atoms with Crippen molar-refractivity contribution >= 4 is 16.8 Å². The maximum Gasteiger partial charge on any atom is 0.0692 e. The molecule has 0 aliphatic carbocycles. The Hall–Kier alpha value is -0.0200. The van der Waals surface area contributed by atoms with E-state index in [1.165, 1.54) is 5.04 Å². The van der Waals surface area contributed by atoms with Crippen molar-refractivity contribution in [2.75, 3.05) is 12.3 Å². The van der Waals surface area contributed by atoms with E-state index in [9.17, 15) is 0 Å². The molecule has 0 bridgehead atoms. The van der Waals surface area contributed by atoms with Crippen molar-refractivity contribution in [1.29, 1.82) is 0 Å². The van der Waals surface area contributed by atoms with Gasteiger partial charge in [-0.3, -0.25) is 4.99 Å². The Morgan fingerprint density at radius 1 is 1.89 bits per heavy atom. The molecule has 0 saturated carbocycles. The third-order valence-corrected chi connectivity index (χ3v) is 2.16. The van der Waals surface area contributed by atoms with E-state index < -0.39 is 0 Å². The Bertz CT molecular complexity index is 120. The highest BCUT2D eigenvalue weighted by Gasteiger charge is 2.07. The molecule has 2 N–H and O–H groups in total. The summed E-state index contributed by atoms with van der Waals surface area (Å²) < 4.78 is 0. The van der Waals surface area contributed by atoms with Gasteiger partial charge in [-0.25, -0.2) is 0 Å². The highest BCUT2D eigenvalue weighted by atomic mass is 32.2. The van der Waals surface area contributed by atoms with Gasteiger partial charge < -0.3 is 5.73 Å². The first kappa shape index (κ1) is 7.09. The summed E-state index contributed by atoms with van der Waals surface area (Å²) in [6.07, 6.45) is 0.963. The molecule has 0 fully saturated rings. The fourth-order valence-electron chi connectivity index (χ4n) is 0.778. The van der Waals surface area contributed by atoms with Crippen LogP contribution >= 0.6 is 11.8 Å². The Morgan fingerprint density at radius 2 is 2.67 bits per heavy atom. The monoisotopic (exact) mass is 144 g/mol. The second-order valence-corrected chi connectivity index (χ2v) is 3.47. The summed E-state index contributed by atoms with van der Waals surface area (Å²) in [6.45, 7) is 3.01. The summed E-state index contributed by atoms with van der Waals surface area (Å²) >= 11 is 1.84. The van der Waals surface area contributed by atoms with Gasteiger partial charge in [-0.05, 0) is 6.92 Å². The molecule has 2 nitrogen and oxygen atoms in total. The number of nitrogens with two attached hydrogens (primary N) is 1. The van der Waals surface area contributed by atoms with Crippen molar-refractivity contribution < 1.29 is 0 Å². The molecule has 1 heterocycles. The van der Waals surface area contributed by atoms with E-state index in [1.807, 2.05) is 18.7 Å². The lowest BCUT2D eigenvalue weighted by atomic mass is 10.3. The predicted octanol–water partition coefficient (Wildman–Crippen LogP) is 0.869. The van der Waals surface area contributed by atoms with Gasteiger partial charge in [0.15, 0.2) is 0 Å². The Balaban J connectivity index is 2.26. The van der Waals surface area contributed by atoms with Crippen LogP contribution in [-0.2, 0) is 0 Å². The third-order valence-electron chi connectivity index (χ3n) is 1.14. The van der Waals surface area contributed by atoms with Crippen LogP contribution in [0.3, 0.4) is 0 Å². The second kappa shape index (κ2) is 3.22. The maximum atomic E-state index is 5.58. The van der Waals surface area contributed by atoms with Gasteiger partial charge in [0, 0.05) is 24.8 Å². The summed E-state index contributed by atoms with van der Waals surface area (Å²) in [5.74, 6) is 1.15. The van der Waals surface area contributed by atoms with E-state index in [4.69, 9.17) is 5.73 Å². The normalized spacial score (nSPS) is 21.8. The lowest BCUT2D eigenvalue weighted by molar-refractivity contribution is 0.783. The van der Waals surface area contributed by atoms with Gasteiger partial charge in [0.25, 0.3) is 0 Å². The molecule has 0 aromatic carbocycles.